The van der Waals surface area contributed by atoms with Crippen molar-refractivity contribution in [1.29, 1.82) is 0 Å². The number of nitrogens with one attached hydrogen (secondary N) is 1. The van der Waals surface area contributed by atoms with Crippen molar-refractivity contribution in [3.8, 4) is 0 Å². The van der Waals surface area contributed by atoms with Crippen LogP contribution in [-0.2, 0) is 32.2 Å². The molecule has 35 heavy (non-hydrogen) atoms. The smallest absolute Gasteiger partial charge is 0.357 e. The van der Waals surface area contributed by atoms with Gasteiger partial charge in [0.05, 0.1) is 22.5 Å². The van der Waals surface area contributed by atoms with Crippen LogP contribution in [0.3, 0.4) is 0 Å². The number of sulfonamides is 1. The van der Waals surface area contributed by atoms with Gasteiger partial charge in [-0.05, 0) is 36.6 Å². The highest BCUT2D eigenvalue weighted by Gasteiger charge is 2.35. The summed E-state index contributed by atoms with van der Waals surface area (Å²) >= 11 is 5.66. The highest BCUT2D eigenvalue weighted by atomic mass is 35.5. The average molecular weight is 534 g/mol. The molecule has 1 N–H and O–H groups in total. The van der Waals surface area contributed by atoms with E-state index in [1.165, 1.54) is 11.9 Å². The van der Waals surface area contributed by atoms with Gasteiger partial charge in [-0.25, -0.2) is 8.42 Å². The molecule has 0 saturated heterocycles. The molecule has 2 aromatic carbocycles. The van der Waals surface area contributed by atoms with E-state index in [2.05, 4.69) is 5.32 Å². The number of hydrogen-bond donors (Lipinski definition) is 1. The SMILES string of the molecule is CC[C@H](C(=O)NC)N(CCc1ccccc1)C(=O)CN(c1ccc(Cl)c(C(F)(F)F)c1)S(C)(=O)=O. The maximum absolute atomic E-state index is 13.4. The number of benzene rings is 2. The van der Waals surface area contributed by atoms with Crippen molar-refractivity contribution in [3.05, 3.63) is 64.7 Å². The van der Waals surface area contributed by atoms with Crippen LogP contribution in [0.25, 0.3) is 0 Å². The largest absolute Gasteiger partial charge is 0.417 e. The molecular weight excluding hydrogens is 507 g/mol. The Hall–Kier alpha value is -2.79. The molecular formula is C23H27ClF3N3O4S. The van der Waals surface area contributed by atoms with Gasteiger partial charge in [-0.2, -0.15) is 13.2 Å². The molecule has 0 aromatic heterocycles. The number of amides is 2. The van der Waals surface area contributed by atoms with Crippen molar-refractivity contribution >= 4 is 39.1 Å². The first-order valence-corrected chi connectivity index (χ1v) is 12.9. The molecule has 192 valence electrons. The molecule has 7 nitrogen and oxygen atoms in total. The third kappa shape index (κ3) is 7.60. The summed E-state index contributed by atoms with van der Waals surface area (Å²) < 4.78 is 65.6. The molecule has 0 spiro atoms. The van der Waals surface area contributed by atoms with E-state index < -0.39 is 51.2 Å². The van der Waals surface area contributed by atoms with Crippen LogP contribution >= 0.6 is 11.6 Å². The molecule has 0 bridgehead atoms. The normalized spacial score (nSPS) is 12.7. The molecule has 0 aliphatic carbocycles. The van der Waals surface area contributed by atoms with Crippen molar-refractivity contribution in [3.63, 3.8) is 0 Å². The Balaban J connectivity index is 2.43. The summed E-state index contributed by atoms with van der Waals surface area (Å²) in [7, 11) is -2.76. The predicted molar refractivity (Wildman–Crippen MR) is 129 cm³/mol. The number of likely N-dealkylation sites (N-methyl/N-ethyl adjacent to an activating group) is 1. The minimum Gasteiger partial charge on any atom is -0.357 e. The van der Waals surface area contributed by atoms with E-state index >= 15 is 0 Å². The third-order valence-corrected chi connectivity index (χ3v) is 6.81. The van der Waals surface area contributed by atoms with Crippen LogP contribution in [0.15, 0.2) is 48.5 Å². The molecule has 0 unspecified atom stereocenters. The predicted octanol–water partition coefficient (Wildman–Crippen LogP) is 3.72. The fraction of sp³-hybridized carbons (Fsp3) is 0.391. The van der Waals surface area contributed by atoms with Crippen molar-refractivity contribution in [2.45, 2.75) is 32.0 Å². The van der Waals surface area contributed by atoms with Gasteiger partial charge in [-0.1, -0.05) is 48.9 Å². The van der Waals surface area contributed by atoms with E-state index in [0.29, 0.717) is 16.8 Å². The Morgan fingerprint density at radius 3 is 2.26 bits per heavy atom. The second-order valence-electron chi connectivity index (χ2n) is 7.79. The van der Waals surface area contributed by atoms with Crippen LogP contribution in [0.2, 0.25) is 5.02 Å². The number of carbonyl (C=O) groups is 2. The standard InChI is InChI=1S/C23H27ClF3N3O4S/c1-4-20(22(32)28-2)29(13-12-16-8-6-5-7-9-16)21(31)15-30(35(3,33)34)17-10-11-19(24)18(14-17)23(25,26)27/h5-11,14,20H,4,12-13,15H2,1-3H3,(H,28,32)/t20-/m1/s1. The van der Waals surface area contributed by atoms with Crippen molar-refractivity contribution in [2.75, 3.05) is 30.7 Å². The second-order valence-corrected chi connectivity index (χ2v) is 10.1. The molecule has 0 heterocycles. The lowest BCUT2D eigenvalue weighted by Gasteiger charge is -2.32. The van der Waals surface area contributed by atoms with Gasteiger partial charge in [0.15, 0.2) is 0 Å². The second kappa shape index (κ2) is 11.8. The number of anilines is 1. The molecule has 0 saturated carbocycles. The van der Waals surface area contributed by atoms with E-state index in [0.717, 1.165) is 24.0 Å². The van der Waals surface area contributed by atoms with Gasteiger partial charge in [0.25, 0.3) is 0 Å². The van der Waals surface area contributed by atoms with Gasteiger partial charge < -0.3 is 10.2 Å². The number of nitrogens with zero attached hydrogens (tertiary/aromatic N) is 2. The van der Waals surface area contributed by atoms with Crippen LogP contribution in [0, 0.1) is 0 Å². The Kier molecular flexibility index (Phi) is 9.56. The van der Waals surface area contributed by atoms with Gasteiger partial charge in [0.1, 0.15) is 12.6 Å². The maximum Gasteiger partial charge on any atom is 0.417 e. The van der Waals surface area contributed by atoms with Crippen molar-refractivity contribution in [2.24, 2.45) is 0 Å². The zero-order valence-corrected chi connectivity index (χ0v) is 21.0. The van der Waals surface area contributed by atoms with Gasteiger partial charge in [0.2, 0.25) is 21.8 Å². The molecule has 0 aliphatic rings. The Bertz CT molecular complexity index is 1140. The highest BCUT2D eigenvalue weighted by Crippen LogP contribution is 2.37. The van der Waals surface area contributed by atoms with Crippen LogP contribution in [0.5, 0.6) is 0 Å². The van der Waals surface area contributed by atoms with Crippen LogP contribution < -0.4 is 9.62 Å². The highest BCUT2D eigenvalue weighted by molar-refractivity contribution is 7.92. The monoisotopic (exact) mass is 533 g/mol. The van der Waals surface area contributed by atoms with Crippen LogP contribution in [0.1, 0.15) is 24.5 Å². The summed E-state index contributed by atoms with van der Waals surface area (Å²) in [5, 5.41) is 1.89. The molecule has 2 rings (SSSR count). The molecule has 0 radical (unpaired) electrons. The van der Waals surface area contributed by atoms with Gasteiger partial charge >= 0.3 is 6.18 Å². The minimum atomic E-state index is -4.82. The summed E-state index contributed by atoms with van der Waals surface area (Å²) in [5.41, 5.74) is -0.700. The molecule has 0 fully saturated rings. The molecule has 0 aliphatic heterocycles. The van der Waals surface area contributed by atoms with Gasteiger partial charge in [-0.15, -0.1) is 0 Å². The quantitative estimate of drug-likeness (QED) is 0.504. The number of rotatable bonds is 10. The number of halogens is 4. The fourth-order valence-corrected chi connectivity index (χ4v) is 4.63. The Morgan fingerprint density at radius 2 is 1.74 bits per heavy atom. The first-order valence-electron chi connectivity index (χ1n) is 10.7. The zero-order chi connectivity index (χ0) is 26.4. The first kappa shape index (κ1) is 28.4. The third-order valence-electron chi connectivity index (χ3n) is 5.34. The fourth-order valence-electron chi connectivity index (χ4n) is 3.56. The molecule has 1 atom stereocenters. The van der Waals surface area contributed by atoms with Crippen LogP contribution in [-0.4, -0.2) is 57.6 Å². The zero-order valence-electron chi connectivity index (χ0n) is 19.5. The van der Waals surface area contributed by atoms with Crippen molar-refractivity contribution < 1.29 is 31.2 Å². The van der Waals surface area contributed by atoms with E-state index in [4.69, 9.17) is 11.6 Å². The van der Waals surface area contributed by atoms with Gasteiger partial charge in [-0.3, -0.25) is 13.9 Å². The summed E-state index contributed by atoms with van der Waals surface area (Å²) in [6, 6.07) is 10.9. The summed E-state index contributed by atoms with van der Waals surface area (Å²) in [5.74, 6) is -1.17. The topological polar surface area (TPSA) is 86.8 Å². The summed E-state index contributed by atoms with van der Waals surface area (Å²) in [4.78, 5) is 27.1. The molecule has 2 amide bonds. The van der Waals surface area contributed by atoms with Crippen LogP contribution in [0.4, 0.5) is 18.9 Å². The number of alkyl halides is 3. The van der Waals surface area contributed by atoms with Crippen molar-refractivity contribution in [1.82, 2.24) is 10.2 Å². The Labute approximate surface area is 207 Å². The summed E-state index contributed by atoms with van der Waals surface area (Å²) in [6.45, 7) is 1.01. The van der Waals surface area contributed by atoms with E-state index in [1.54, 1.807) is 6.92 Å². The van der Waals surface area contributed by atoms with E-state index in [-0.39, 0.29) is 18.7 Å². The number of hydrogen-bond acceptors (Lipinski definition) is 4. The lowest BCUT2D eigenvalue weighted by atomic mass is 10.1. The lowest BCUT2D eigenvalue weighted by Crippen LogP contribution is -2.52. The first-order chi connectivity index (χ1) is 16.3. The minimum absolute atomic E-state index is 0.0980. The molecule has 2 aromatic rings. The van der Waals surface area contributed by atoms with Gasteiger partial charge in [0, 0.05) is 13.6 Å². The van der Waals surface area contributed by atoms with E-state index in [1.807, 2.05) is 30.3 Å². The lowest BCUT2D eigenvalue weighted by molar-refractivity contribution is -0.139. The van der Waals surface area contributed by atoms with E-state index in [9.17, 15) is 31.2 Å². The summed E-state index contributed by atoms with van der Waals surface area (Å²) in [6.07, 6.45) is -3.41. The average Bonchev–Trinajstić information content (AvgIpc) is 2.79. The maximum atomic E-state index is 13.4. The number of carbonyl (C=O) groups excluding carboxylic acids is 2. The Morgan fingerprint density at radius 1 is 1.11 bits per heavy atom. The molecule has 12 heteroatoms.